The van der Waals surface area contributed by atoms with Crippen LogP contribution in [0.5, 0.6) is 0 Å². The van der Waals surface area contributed by atoms with Gasteiger partial charge in [0.1, 0.15) is 0 Å². The van der Waals surface area contributed by atoms with E-state index in [9.17, 15) is 14.4 Å². The number of nitrogens with one attached hydrogen (secondary N) is 1. The standard InChI is InChI=1S/C18H31N7O3/c1-3-4-5-6-7-25-14-15(22(2)18(28)21-16(14)27)20-17(25)24-10-8-23(9-11-24)12-13(19)26/h14-15H,3-12H2,1-2H3,(H2,19,26)(H,21,27,28). The number of hydrogen-bond donors (Lipinski definition) is 2. The Bertz CT molecular complexity index is 645. The van der Waals surface area contributed by atoms with Crippen molar-refractivity contribution in [2.45, 2.75) is 44.8 Å². The van der Waals surface area contributed by atoms with E-state index in [0.717, 1.165) is 38.2 Å². The quantitative estimate of drug-likeness (QED) is 0.548. The Morgan fingerprint density at radius 2 is 1.89 bits per heavy atom. The van der Waals surface area contributed by atoms with Crippen molar-refractivity contribution in [2.24, 2.45) is 10.7 Å². The molecule has 2 atom stereocenters. The maximum atomic E-state index is 12.6. The molecule has 0 aromatic carbocycles. The number of carbonyl (C=O) groups excluding carboxylic acids is 3. The maximum Gasteiger partial charge on any atom is 0.325 e. The minimum Gasteiger partial charge on any atom is -0.369 e. The molecule has 2 saturated heterocycles. The molecule has 156 valence electrons. The summed E-state index contributed by atoms with van der Waals surface area (Å²) in [6, 6.07) is -0.892. The Morgan fingerprint density at radius 3 is 2.54 bits per heavy atom. The van der Waals surface area contributed by atoms with Crippen LogP contribution in [0.15, 0.2) is 4.99 Å². The number of guanidine groups is 1. The fraction of sp³-hybridized carbons (Fsp3) is 0.778. The maximum absolute atomic E-state index is 12.6. The summed E-state index contributed by atoms with van der Waals surface area (Å²) in [5, 5.41) is 2.44. The second kappa shape index (κ2) is 8.76. The van der Waals surface area contributed by atoms with Gasteiger partial charge in [0.15, 0.2) is 18.2 Å². The lowest BCUT2D eigenvalue weighted by Gasteiger charge is -2.40. The van der Waals surface area contributed by atoms with Gasteiger partial charge in [-0.25, -0.2) is 9.79 Å². The molecule has 0 saturated carbocycles. The van der Waals surface area contributed by atoms with Gasteiger partial charge in [-0.15, -0.1) is 0 Å². The van der Waals surface area contributed by atoms with E-state index in [1.165, 1.54) is 4.90 Å². The number of carbonyl (C=O) groups is 3. The van der Waals surface area contributed by atoms with Gasteiger partial charge in [-0.1, -0.05) is 26.2 Å². The minimum absolute atomic E-state index is 0.256. The third-order valence-corrected chi connectivity index (χ3v) is 5.63. The average Bonchev–Trinajstić information content (AvgIpc) is 3.04. The molecule has 4 amide bonds. The van der Waals surface area contributed by atoms with Crippen LogP contribution < -0.4 is 11.1 Å². The second-order valence-electron chi connectivity index (χ2n) is 7.68. The number of imide groups is 1. The molecule has 3 rings (SSSR count). The summed E-state index contributed by atoms with van der Waals surface area (Å²) in [6.45, 7) is 5.98. The number of fused-ring (bicyclic) bond motifs is 1. The van der Waals surface area contributed by atoms with E-state index in [0.29, 0.717) is 26.2 Å². The first-order valence-electron chi connectivity index (χ1n) is 10.1. The zero-order valence-electron chi connectivity index (χ0n) is 16.8. The van der Waals surface area contributed by atoms with E-state index < -0.39 is 18.2 Å². The fourth-order valence-electron chi connectivity index (χ4n) is 4.05. The van der Waals surface area contributed by atoms with Gasteiger partial charge >= 0.3 is 6.03 Å². The number of primary amides is 1. The number of hydrogen-bond acceptors (Lipinski definition) is 7. The number of aliphatic imine (C=N–C) groups is 1. The Kier molecular flexibility index (Phi) is 6.38. The smallest absolute Gasteiger partial charge is 0.325 e. The number of unbranched alkanes of at least 4 members (excludes halogenated alkanes) is 3. The summed E-state index contributed by atoms with van der Waals surface area (Å²) in [7, 11) is 1.67. The normalized spacial score (nSPS) is 25.6. The molecule has 0 radical (unpaired) electrons. The van der Waals surface area contributed by atoms with Gasteiger partial charge in [-0.05, 0) is 6.42 Å². The molecule has 3 heterocycles. The monoisotopic (exact) mass is 393 g/mol. The van der Waals surface area contributed by atoms with Crippen molar-refractivity contribution in [1.82, 2.24) is 24.9 Å². The lowest BCUT2D eigenvalue weighted by Crippen LogP contribution is -2.64. The van der Waals surface area contributed by atoms with Gasteiger partial charge in [0.2, 0.25) is 5.91 Å². The zero-order chi connectivity index (χ0) is 20.3. The highest BCUT2D eigenvalue weighted by atomic mass is 16.2. The van der Waals surface area contributed by atoms with Crippen LogP contribution in [0.2, 0.25) is 0 Å². The summed E-state index contributed by atoms with van der Waals surface area (Å²) >= 11 is 0. The van der Waals surface area contributed by atoms with Crippen molar-refractivity contribution in [3.63, 3.8) is 0 Å². The van der Waals surface area contributed by atoms with Crippen LogP contribution >= 0.6 is 0 Å². The molecule has 3 aliphatic rings. The number of urea groups is 1. The van der Waals surface area contributed by atoms with Crippen LogP contribution in [0.1, 0.15) is 32.6 Å². The Hall–Kier alpha value is -2.36. The first-order valence-corrected chi connectivity index (χ1v) is 10.1. The predicted molar refractivity (Wildman–Crippen MR) is 104 cm³/mol. The van der Waals surface area contributed by atoms with E-state index >= 15 is 0 Å². The molecule has 10 nitrogen and oxygen atoms in total. The zero-order valence-corrected chi connectivity index (χ0v) is 16.8. The number of amides is 4. The van der Waals surface area contributed by atoms with Crippen molar-refractivity contribution in [1.29, 1.82) is 0 Å². The largest absolute Gasteiger partial charge is 0.369 e. The molecule has 2 fully saturated rings. The van der Waals surface area contributed by atoms with Crippen LogP contribution in [0, 0.1) is 0 Å². The summed E-state index contributed by atoms with van der Waals surface area (Å²) in [4.78, 5) is 48.3. The number of piperazine rings is 1. The molecular formula is C18H31N7O3. The second-order valence-corrected chi connectivity index (χ2v) is 7.68. The predicted octanol–water partition coefficient (Wildman–Crippen LogP) is -0.782. The van der Waals surface area contributed by atoms with Gasteiger partial charge in [-0.2, -0.15) is 0 Å². The first kappa shape index (κ1) is 20.4. The third kappa shape index (κ3) is 4.21. The fourth-order valence-corrected chi connectivity index (χ4v) is 4.05. The molecule has 0 spiro atoms. The van der Waals surface area contributed by atoms with Crippen molar-refractivity contribution < 1.29 is 14.4 Å². The van der Waals surface area contributed by atoms with Gasteiger partial charge in [0, 0.05) is 39.8 Å². The SMILES string of the molecule is CCCCCCN1C(N2CCN(CC(N)=O)CC2)=NC2C1C(=O)NC(=O)N2C. The number of nitrogens with zero attached hydrogens (tertiary/aromatic N) is 5. The lowest BCUT2D eigenvalue weighted by molar-refractivity contribution is -0.127. The third-order valence-electron chi connectivity index (χ3n) is 5.63. The Labute approximate surface area is 165 Å². The molecule has 2 unspecified atom stereocenters. The summed E-state index contributed by atoms with van der Waals surface area (Å²) in [5.74, 6) is 0.170. The molecule has 0 aliphatic carbocycles. The molecule has 0 aromatic rings. The van der Waals surface area contributed by atoms with Crippen LogP contribution in [0.4, 0.5) is 4.79 Å². The number of nitrogens with two attached hydrogens (primary N) is 1. The van der Waals surface area contributed by atoms with Crippen molar-refractivity contribution in [3.05, 3.63) is 0 Å². The summed E-state index contributed by atoms with van der Waals surface area (Å²) < 4.78 is 0. The van der Waals surface area contributed by atoms with Crippen molar-refractivity contribution >= 4 is 23.8 Å². The molecule has 3 aliphatic heterocycles. The van der Waals surface area contributed by atoms with Gasteiger partial charge in [0.05, 0.1) is 6.54 Å². The minimum atomic E-state index is -0.494. The van der Waals surface area contributed by atoms with E-state index in [1.54, 1.807) is 7.05 Å². The number of likely N-dealkylation sites (N-methyl/N-ethyl adjacent to an activating group) is 1. The topological polar surface area (TPSA) is 115 Å². The van der Waals surface area contributed by atoms with Crippen molar-refractivity contribution in [2.75, 3.05) is 46.3 Å². The number of rotatable bonds is 7. The lowest BCUT2D eigenvalue weighted by atomic mass is 10.1. The molecular weight excluding hydrogens is 362 g/mol. The highest BCUT2D eigenvalue weighted by Crippen LogP contribution is 2.26. The highest BCUT2D eigenvalue weighted by Gasteiger charge is 2.49. The van der Waals surface area contributed by atoms with E-state index in [1.807, 2.05) is 4.90 Å². The molecule has 0 bridgehead atoms. The van der Waals surface area contributed by atoms with Gasteiger partial charge < -0.3 is 20.4 Å². The average molecular weight is 393 g/mol. The van der Waals surface area contributed by atoms with Crippen LogP contribution in [0.25, 0.3) is 0 Å². The van der Waals surface area contributed by atoms with Crippen LogP contribution in [-0.2, 0) is 9.59 Å². The molecule has 10 heteroatoms. The van der Waals surface area contributed by atoms with Crippen LogP contribution in [-0.4, -0.2) is 102 Å². The molecule has 0 aromatic heterocycles. The Balaban J connectivity index is 1.73. The Morgan fingerprint density at radius 1 is 1.18 bits per heavy atom. The summed E-state index contributed by atoms with van der Waals surface area (Å²) in [6.07, 6.45) is 3.88. The highest BCUT2D eigenvalue weighted by molar-refractivity contribution is 6.03. The first-order chi connectivity index (χ1) is 13.4. The van der Waals surface area contributed by atoms with Gasteiger partial charge in [-0.3, -0.25) is 19.8 Å². The van der Waals surface area contributed by atoms with Crippen LogP contribution in [0.3, 0.4) is 0 Å². The van der Waals surface area contributed by atoms with E-state index in [4.69, 9.17) is 10.7 Å². The molecule has 3 N–H and O–H groups in total. The molecule has 28 heavy (non-hydrogen) atoms. The van der Waals surface area contributed by atoms with E-state index in [-0.39, 0.29) is 18.4 Å². The van der Waals surface area contributed by atoms with E-state index in [2.05, 4.69) is 22.0 Å². The van der Waals surface area contributed by atoms with Gasteiger partial charge in [0.25, 0.3) is 5.91 Å². The summed E-state index contributed by atoms with van der Waals surface area (Å²) in [5.41, 5.74) is 5.30. The van der Waals surface area contributed by atoms with Crippen molar-refractivity contribution in [3.8, 4) is 0 Å².